The summed E-state index contributed by atoms with van der Waals surface area (Å²) in [6.07, 6.45) is 3.59. The molecule has 0 aromatic carbocycles. The zero-order chi connectivity index (χ0) is 17.4. The van der Waals surface area contributed by atoms with Gasteiger partial charge < -0.3 is 14.2 Å². The van der Waals surface area contributed by atoms with Gasteiger partial charge in [-0.15, -0.1) is 0 Å². The molecule has 0 unspecified atom stereocenters. The molecule has 3 heterocycles. The van der Waals surface area contributed by atoms with Gasteiger partial charge in [0, 0.05) is 49.2 Å². The van der Waals surface area contributed by atoms with E-state index in [2.05, 4.69) is 19.9 Å². The lowest BCUT2D eigenvalue weighted by Crippen LogP contribution is -2.26. The molecular formula is C17H23N5O2. The number of carbonyl (C=O) groups is 1. The van der Waals surface area contributed by atoms with Crippen LogP contribution in [0.4, 0.5) is 5.82 Å². The highest BCUT2D eigenvalue weighted by Gasteiger charge is 2.41. The maximum atomic E-state index is 12.3. The molecule has 1 fully saturated rings. The maximum Gasteiger partial charge on any atom is 0.311 e. The van der Waals surface area contributed by atoms with Crippen LogP contribution in [0.5, 0.6) is 0 Å². The molecule has 2 aromatic rings. The van der Waals surface area contributed by atoms with E-state index < -0.39 is 0 Å². The third kappa shape index (κ3) is 2.74. The van der Waals surface area contributed by atoms with Crippen LogP contribution in [-0.4, -0.2) is 45.7 Å². The number of imidazole rings is 1. The number of carbonyl (C=O) groups excluding carboxylic acids is 1. The van der Waals surface area contributed by atoms with E-state index in [1.807, 2.05) is 38.6 Å². The van der Waals surface area contributed by atoms with Crippen LogP contribution >= 0.6 is 0 Å². The lowest BCUT2D eigenvalue weighted by atomic mass is 9.93. The van der Waals surface area contributed by atoms with Crippen LogP contribution in [0.15, 0.2) is 12.5 Å². The van der Waals surface area contributed by atoms with E-state index in [0.29, 0.717) is 13.1 Å². The average Bonchev–Trinajstić information content (AvgIpc) is 3.16. The molecule has 1 aliphatic rings. The van der Waals surface area contributed by atoms with Gasteiger partial charge in [0.2, 0.25) is 0 Å². The summed E-state index contributed by atoms with van der Waals surface area (Å²) >= 11 is 0. The van der Waals surface area contributed by atoms with Gasteiger partial charge in [-0.2, -0.15) is 0 Å². The lowest BCUT2D eigenvalue weighted by Gasteiger charge is -2.21. The maximum absolute atomic E-state index is 12.3. The molecule has 2 aromatic heterocycles. The first kappa shape index (κ1) is 16.4. The van der Waals surface area contributed by atoms with Crippen molar-refractivity contribution in [2.45, 2.75) is 26.7 Å². The smallest absolute Gasteiger partial charge is 0.311 e. The molecule has 1 saturated heterocycles. The van der Waals surface area contributed by atoms with Gasteiger partial charge in [-0.3, -0.25) is 4.79 Å². The number of anilines is 1. The van der Waals surface area contributed by atoms with Gasteiger partial charge in [0.1, 0.15) is 11.6 Å². The first-order valence-corrected chi connectivity index (χ1v) is 8.03. The molecule has 24 heavy (non-hydrogen) atoms. The Kier molecular flexibility index (Phi) is 4.26. The minimum Gasteiger partial charge on any atom is -0.469 e. The minimum absolute atomic E-state index is 0.0277. The van der Waals surface area contributed by atoms with Crippen LogP contribution in [-0.2, 0) is 16.6 Å². The van der Waals surface area contributed by atoms with Crippen LogP contribution in [0, 0.1) is 26.7 Å². The Morgan fingerprint density at radius 1 is 1.25 bits per heavy atom. The summed E-state index contributed by atoms with van der Waals surface area (Å²) < 4.78 is 7.00. The SMILES string of the molecule is COC(=O)[C@@H]1CN(c2nc(C)nc(C)c2C)C[C@H]1c1cncn1C. The number of nitrogens with zero attached hydrogens (tertiary/aromatic N) is 5. The number of methoxy groups -OCH3 is 1. The van der Waals surface area contributed by atoms with Crippen LogP contribution < -0.4 is 4.90 Å². The quantitative estimate of drug-likeness (QED) is 0.795. The lowest BCUT2D eigenvalue weighted by molar-refractivity contribution is -0.145. The van der Waals surface area contributed by atoms with E-state index in [0.717, 1.165) is 28.6 Å². The summed E-state index contributed by atoms with van der Waals surface area (Å²) in [7, 11) is 3.39. The Balaban J connectivity index is 1.99. The highest BCUT2D eigenvalue weighted by atomic mass is 16.5. The summed E-state index contributed by atoms with van der Waals surface area (Å²) in [5.41, 5.74) is 3.05. The Morgan fingerprint density at radius 3 is 2.62 bits per heavy atom. The first-order valence-electron chi connectivity index (χ1n) is 8.03. The van der Waals surface area contributed by atoms with Gasteiger partial charge in [0.25, 0.3) is 0 Å². The molecule has 1 aliphatic heterocycles. The fourth-order valence-corrected chi connectivity index (χ4v) is 3.45. The van der Waals surface area contributed by atoms with Crippen molar-refractivity contribution in [3.05, 3.63) is 35.3 Å². The zero-order valence-electron chi connectivity index (χ0n) is 14.8. The first-order chi connectivity index (χ1) is 11.4. The highest BCUT2D eigenvalue weighted by molar-refractivity contribution is 5.75. The number of ether oxygens (including phenoxy) is 1. The zero-order valence-corrected chi connectivity index (χ0v) is 14.8. The fourth-order valence-electron chi connectivity index (χ4n) is 3.45. The van der Waals surface area contributed by atoms with Crippen LogP contribution in [0.2, 0.25) is 0 Å². The number of hydrogen-bond donors (Lipinski definition) is 0. The second-order valence-electron chi connectivity index (χ2n) is 6.38. The van der Waals surface area contributed by atoms with Crippen molar-refractivity contribution in [2.75, 3.05) is 25.1 Å². The molecule has 0 aliphatic carbocycles. The topological polar surface area (TPSA) is 73.1 Å². The van der Waals surface area contributed by atoms with Gasteiger partial charge in [-0.05, 0) is 20.8 Å². The second-order valence-corrected chi connectivity index (χ2v) is 6.38. The number of aryl methyl sites for hydroxylation is 3. The summed E-state index contributed by atoms with van der Waals surface area (Å²) in [5, 5.41) is 0. The average molecular weight is 329 g/mol. The summed E-state index contributed by atoms with van der Waals surface area (Å²) in [5.74, 6) is 1.24. The van der Waals surface area contributed by atoms with Crippen molar-refractivity contribution in [3.8, 4) is 0 Å². The van der Waals surface area contributed by atoms with Crippen molar-refractivity contribution in [2.24, 2.45) is 13.0 Å². The van der Waals surface area contributed by atoms with Crippen LogP contribution in [0.1, 0.15) is 28.7 Å². The van der Waals surface area contributed by atoms with E-state index in [1.165, 1.54) is 7.11 Å². The van der Waals surface area contributed by atoms with Crippen LogP contribution in [0.25, 0.3) is 0 Å². The molecule has 7 nitrogen and oxygen atoms in total. The van der Waals surface area contributed by atoms with Gasteiger partial charge >= 0.3 is 5.97 Å². The third-order valence-electron chi connectivity index (χ3n) is 4.83. The van der Waals surface area contributed by atoms with E-state index in [1.54, 1.807) is 6.33 Å². The molecule has 2 atom stereocenters. The molecule has 0 amide bonds. The van der Waals surface area contributed by atoms with Crippen molar-refractivity contribution in [1.29, 1.82) is 0 Å². The minimum atomic E-state index is -0.236. The van der Waals surface area contributed by atoms with Gasteiger partial charge in [-0.1, -0.05) is 0 Å². The molecule has 128 valence electrons. The predicted octanol–water partition coefficient (Wildman–Crippen LogP) is 1.53. The Bertz CT molecular complexity index is 770. The Hall–Kier alpha value is -2.44. The summed E-state index contributed by atoms with van der Waals surface area (Å²) in [6.45, 7) is 7.19. The van der Waals surface area contributed by atoms with E-state index in [4.69, 9.17) is 4.74 Å². The van der Waals surface area contributed by atoms with Crippen LogP contribution in [0.3, 0.4) is 0 Å². The number of rotatable bonds is 3. The van der Waals surface area contributed by atoms with E-state index in [-0.39, 0.29) is 17.8 Å². The van der Waals surface area contributed by atoms with Crippen molar-refractivity contribution in [1.82, 2.24) is 19.5 Å². The summed E-state index contributed by atoms with van der Waals surface area (Å²) in [6, 6.07) is 0. The number of aromatic nitrogens is 4. The third-order valence-corrected chi connectivity index (χ3v) is 4.83. The number of esters is 1. The fraction of sp³-hybridized carbons (Fsp3) is 0.529. The molecular weight excluding hydrogens is 306 g/mol. The Morgan fingerprint density at radius 2 is 2.00 bits per heavy atom. The monoisotopic (exact) mass is 329 g/mol. The largest absolute Gasteiger partial charge is 0.469 e. The molecule has 7 heteroatoms. The molecule has 0 saturated carbocycles. The molecule has 0 bridgehead atoms. The highest BCUT2D eigenvalue weighted by Crippen LogP contribution is 2.36. The Labute approximate surface area is 141 Å². The van der Waals surface area contributed by atoms with Gasteiger partial charge in [-0.25, -0.2) is 15.0 Å². The van der Waals surface area contributed by atoms with Crippen molar-refractivity contribution >= 4 is 11.8 Å². The van der Waals surface area contributed by atoms with E-state index >= 15 is 0 Å². The second kappa shape index (κ2) is 6.22. The molecule has 0 N–H and O–H groups in total. The van der Waals surface area contributed by atoms with Crippen molar-refractivity contribution in [3.63, 3.8) is 0 Å². The number of hydrogen-bond acceptors (Lipinski definition) is 6. The molecule has 0 radical (unpaired) electrons. The summed E-state index contributed by atoms with van der Waals surface area (Å²) in [4.78, 5) is 27.7. The molecule has 0 spiro atoms. The predicted molar refractivity (Wildman–Crippen MR) is 89.9 cm³/mol. The van der Waals surface area contributed by atoms with Crippen molar-refractivity contribution < 1.29 is 9.53 Å². The standard InChI is InChI=1S/C17H23N5O2/c1-10-11(2)19-12(3)20-16(10)22-7-13(14(8-22)17(23)24-5)15-6-18-9-21(15)4/h6,9,13-14H,7-8H2,1-5H3/t13-,14-/m1/s1. The van der Waals surface area contributed by atoms with Gasteiger partial charge in [0.05, 0.1) is 19.4 Å². The van der Waals surface area contributed by atoms with Gasteiger partial charge in [0.15, 0.2) is 0 Å². The van der Waals surface area contributed by atoms with E-state index in [9.17, 15) is 4.79 Å². The molecule has 3 rings (SSSR count). The normalized spacial score (nSPS) is 20.5.